The van der Waals surface area contributed by atoms with Gasteiger partial charge in [0.1, 0.15) is 0 Å². The number of ether oxygens (including phenoxy) is 1. The van der Waals surface area contributed by atoms with Gasteiger partial charge in [0.15, 0.2) is 5.78 Å². The van der Waals surface area contributed by atoms with E-state index in [0.717, 1.165) is 11.1 Å². The molecule has 0 spiro atoms. The fraction of sp³-hybridized carbons (Fsp3) is 0.385. The summed E-state index contributed by atoms with van der Waals surface area (Å²) in [5.74, 6) is -0.521. The fourth-order valence-corrected chi connectivity index (χ4v) is 2.07. The number of hydrogen-bond donors (Lipinski definition) is 0. The first kappa shape index (κ1) is 10.9. The van der Waals surface area contributed by atoms with Crippen LogP contribution in [0.4, 0.5) is 0 Å². The second-order valence-electron chi connectivity index (χ2n) is 3.94. The van der Waals surface area contributed by atoms with Gasteiger partial charge in [0.25, 0.3) is 0 Å². The minimum atomic E-state index is -0.303. The van der Waals surface area contributed by atoms with Crippen molar-refractivity contribution in [2.24, 2.45) is 5.92 Å². The molecule has 0 saturated carbocycles. The van der Waals surface area contributed by atoms with Crippen LogP contribution in [0.3, 0.4) is 0 Å². The molecule has 0 heterocycles. The van der Waals surface area contributed by atoms with Crippen LogP contribution in [0.1, 0.15) is 29.3 Å². The lowest BCUT2D eigenvalue weighted by Crippen LogP contribution is -2.28. The largest absolute Gasteiger partial charge is 0.466 e. The van der Waals surface area contributed by atoms with Crippen LogP contribution in [-0.2, 0) is 16.0 Å². The lowest BCUT2D eigenvalue weighted by atomic mass is 9.83. The van der Waals surface area contributed by atoms with E-state index in [1.807, 2.05) is 24.3 Å². The summed E-state index contributed by atoms with van der Waals surface area (Å²) in [4.78, 5) is 23.4. The third-order valence-electron chi connectivity index (χ3n) is 2.84. The smallest absolute Gasteiger partial charge is 0.309 e. The van der Waals surface area contributed by atoms with Crippen molar-refractivity contribution in [3.63, 3.8) is 0 Å². The van der Waals surface area contributed by atoms with Crippen molar-refractivity contribution in [2.75, 3.05) is 6.61 Å². The number of carbonyl (C=O) groups is 2. The van der Waals surface area contributed by atoms with Crippen molar-refractivity contribution >= 4 is 11.8 Å². The highest BCUT2D eigenvalue weighted by Crippen LogP contribution is 2.26. The van der Waals surface area contributed by atoms with Crippen molar-refractivity contribution in [1.82, 2.24) is 0 Å². The van der Waals surface area contributed by atoms with Gasteiger partial charge in [-0.3, -0.25) is 9.59 Å². The van der Waals surface area contributed by atoms with Crippen LogP contribution in [-0.4, -0.2) is 18.4 Å². The molecule has 3 nitrogen and oxygen atoms in total. The molecule has 1 aliphatic carbocycles. The molecule has 0 saturated heterocycles. The van der Waals surface area contributed by atoms with Crippen molar-refractivity contribution < 1.29 is 14.3 Å². The molecule has 16 heavy (non-hydrogen) atoms. The second-order valence-corrected chi connectivity index (χ2v) is 3.94. The van der Waals surface area contributed by atoms with Crippen molar-refractivity contribution in [2.45, 2.75) is 19.8 Å². The zero-order valence-electron chi connectivity index (χ0n) is 9.23. The summed E-state index contributed by atoms with van der Waals surface area (Å²) in [6.07, 6.45) is 0.886. The predicted molar refractivity (Wildman–Crippen MR) is 59.2 cm³/mol. The highest BCUT2D eigenvalue weighted by atomic mass is 16.5. The van der Waals surface area contributed by atoms with Crippen LogP contribution in [0.2, 0.25) is 0 Å². The molecule has 0 fully saturated rings. The third kappa shape index (κ3) is 1.98. The van der Waals surface area contributed by atoms with E-state index in [1.165, 1.54) is 0 Å². The molecule has 0 aliphatic heterocycles. The number of fused-ring (bicyclic) bond motifs is 1. The first-order chi connectivity index (χ1) is 7.72. The van der Waals surface area contributed by atoms with Gasteiger partial charge < -0.3 is 4.74 Å². The topological polar surface area (TPSA) is 43.4 Å². The van der Waals surface area contributed by atoms with E-state index in [2.05, 4.69) is 0 Å². The maximum absolute atomic E-state index is 11.8. The summed E-state index contributed by atoms with van der Waals surface area (Å²) < 4.78 is 4.95. The maximum atomic E-state index is 11.8. The third-order valence-corrected chi connectivity index (χ3v) is 2.84. The average molecular weight is 218 g/mol. The molecule has 1 aromatic carbocycles. The Morgan fingerprint density at radius 1 is 1.38 bits per heavy atom. The molecule has 1 aliphatic rings. The van der Waals surface area contributed by atoms with Crippen molar-refractivity contribution in [1.29, 1.82) is 0 Å². The fourth-order valence-electron chi connectivity index (χ4n) is 2.07. The molecule has 1 aromatic rings. The van der Waals surface area contributed by atoms with Gasteiger partial charge in [-0.1, -0.05) is 24.3 Å². The van der Waals surface area contributed by atoms with Gasteiger partial charge in [-0.25, -0.2) is 0 Å². The van der Waals surface area contributed by atoms with Crippen LogP contribution in [0.5, 0.6) is 0 Å². The Kier molecular flexibility index (Phi) is 3.04. The van der Waals surface area contributed by atoms with E-state index in [0.29, 0.717) is 13.0 Å². The summed E-state index contributed by atoms with van der Waals surface area (Å²) in [5.41, 5.74) is 1.71. The summed E-state index contributed by atoms with van der Waals surface area (Å²) in [7, 11) is 0. The van der Waals surface area contributed by atoms with E-state index < -0.39 is 0 Å². The normalized spacial score (nSPS) is 19.1. The Morgan fingerprint density at radius 2 is 2.12 bits per heavy atom. The number of Topliss-reactive ketones (excluding diaryl/α,β-unsaturated/α-hetero) is 1. The molecule has 0 bridgehead atoms. The SMILES string of the molecule is CCOC(=O)[C@@H]1CC(=O)c2ccccc2C1. The summed E-state index contributed by atoms with van der Waals surface area (Å²) in [6.45, 7) is 2.14. The molecule has 0 radical (unpaired) electrons. The molecule has 2 rings (SSSR count). The van der Waals surface area contributed by atoms with Gasteiger partial charge in [0.2, 0.25) is 0 Å². The molecule has 1 atom stereocenters. The molecule has 3 heteroatoms. The van der Waals surface area contributed by atoms with Crippen LogP contribution in [0, 0.1) is 5.92 Å². The minimum absolute atomic E-state index is 0.0416. The summed E-state index contributed by atoms with van der Waals surface area (Å²) in [6, 6.07) is 7.46. The average Bonchev–Trinajstić information content (AvgIpc) is 2.29. The number of ketones is 1. The highest BCUT2D eigenvalue weighted by Gasteiger charge is 2.30. The summed E-state index contributed by atoms with van der Waals surface area (Å²) in [5, 5.41) is 0. The van der Waals surface area contributed by atoms with Gasteiger partial charge in [-0.05, 0) is 18.9 Å². The monoisotopic (exact) mass is 218 g/mol. The Hall–Kier alpha value is -1.64. The Bertz CT molecular complexity index is 423. The van der Waals surface area contributed by atoms with E-state index in [9.17, 15) is 9.59 Å². The lowest BCUT2D eigenvalue weighted by molar-refractivity contribution is -0.148. The molecular formula is C13H14O3. The molecule has 0 unspecified atom stereocenters. The van der Waals surface area contributed by atoms with E-state index in [-0.39, 0.29) is 24.1 Å². The zero-order chi connectivity index (χ0) is 11.5. The Balaban J connectivity index is 2.21. The number of benzene rings is 1. The molecule has 0 amide bonds. The van der Waals surface area contributed by atoms with Crippen molar-refractivity contribution in [3.8, 4) is 0 Å². The minimum Gasteiger partial charge on any atom is -0.466 e. The van der Waals surface area contributed by atoms with E-state index in [4.69, 9.17) is 4.74 Å². The lowest BCUT2D eigenvalue weighted by Gasteiger charge is -2.21. The number of carbonyl (C=O) groups excluding carboxylic acids is 2. The predicted octanol–water partition coefficient (Wildman–Crippen LogP) is 1.99. The first-order valence-corrected chi connectivity index (χ1v) is 5.50. The summed E-state index contributed by atoms with van der Waals surface area (Å²) >= 11 is 0. The van der Waals surface area contributed by atoms with Crippen LogP contribution >= 0.6 is 0 Å². The van der Waals surface area contributed by atoms with Gasteiger partial charge in [-0.2, -0.15) is 0 Å². The molecular weight excluding hydrogens is 204 g/mol. The Morgan fingerprint density at radius 3 is 2.88 bits per heavy atom. The van der Waals surface area contributed by atoms with Crippen LogP contribution in [0.25, 0.3) is 0 Å². The van der Waals surface area contributed by atoms with E-state index >= 15 is 0 Å². The van der Waals surface area contributed by atoms with Gasteiger partial charge >= 0.3 is 5.97 Å². The standard InChI is InChI=1S/C13H14O3/c1-2-16-13(15)10-7-9-5-3-4-6-11(9)12(14)8-10/h3-6,10H,2,7-8H2,1H3/t10-/m0/s1. The quantitative estimate of drug-likeness (QED) is 0.713. The molecule has 84 valence electrons. The number of esters is 1. The van der Waals surface area contributed by atoms with Gasteiger partial charge in [0, 0.05) is 12.0 Å². The number of hydrogen-bond acceptors (Lipinski definition) is 3. The molecule has 0 aromatic heterocycles. The first-order valence-electron chi connectivity index (χ1n) is 5.50. The van der Waals surface area contributed by atoms with E-state index in [1.54, 1.807) is 6.92 Å². The number of rotatable bonds is 2. The van der Waals surface area contributed by atoms with Crippen LogP contribution in [0.15, 0.2) is 24.3 Å². The Labute approximate surface area is 94.4 Å². The van der Waals surface area contributed by atoms with Gasteiger partial charge in [0.05, 0.1) is 12.5 Å². The van der Waals surface area contributed by atoms with Crippen molar-refractivity contribution in [3.05, 3.63) is 35.4 Å². The van der Waals surface area contributed by atoms with Gasteiger partial charge in [-0.15, -0.1) is 0 Å². The van der Waals surface area contributed by atoms with Crippen LogP contribution < -0.4 is 0 Å². The second kappa shape index (κ2) is 4.47. The molecule has 0 N–H and O–H groups in total. The zero-order valence-corrected chi connectivity index (χ0v) is 9.23. The highest BCUT2D eigenvalue weighted by molar-refractivity contribution is 6.01. The maximum Gasteiger partial charge on any atom is 0.309 e.